The number of likely N-dealkylation sites (N-methyl/N-ethyl adjacent to an activating group) is 2. The molecule has 2 N–H and O–H groups in total. The zero-order chi connectivity index (χ0) is 31.5. The molecule has 2 aromatic heterocycles. The Kier molecular flexibility index (Phi) is 10.1. The molecule has 8 nitrogen and oxygen atoms in total. The molecule has 1 fully saturated rings. The van der Waals surface area contributed by atoms with Gasteiger partial charge in [-0.05, 0) is 50.6 Å². The molecule has 1 saturated carbocycles. The van der Waals surface area contributed by atoms with E-state index in [1.165, 1.54) is 70.6 Å². The molecule has 3 heterocycles. The van der Waals surface area contributed by atoms with Gasteiger partial charge in [-0.25, -0.2) is 9.59 Å². The van der Waals surface area contributed by atoms with Crippen molar-refractivity contribution in [1.82, 2.24) is 9.47 Å². The van der Waals surface area contributed by atoms with E-state index in [-0.39, 0.29) is 0 Å². The number of hydrogen-bond donors (Lipinski definition) is 2. The molecule has 0 spiro atoms. The van der Waals surface area contributed by atoms with Gasteiger partial charge in [-0.15, -0.1) is 11.3 Å². The highest BCUT2D eigenvalue weighted by molar-refractivity contribution is 7.21. The van der Waals surface area contributed by atoms with Crippen LogP contribution in [0.2, 0.25) is 0 Å². The summed E-state index contributed by atoms with van der Waals surface area (Å²) in [6.45, 7) is 6.12. The maximum Gasteiger partial charge on any atom is 0.490 e. The van der Waals surface area contributed by atoms with E-state index >= 15 is 0 Å². The van der Waals surface area contributed by atoms with Gasteiger partial charge < -0.3 is 29.1 Å². The highest BCUT2D eigenvalue weighted by Gasteiger charge is 2.38. The van der Waals surface area contributed by atoms with Crippen LogP contribution >= 0.6 is 11.3 Å². The summed E-state index contributed by atoms with van der Waals surface area (Å²) in [7, 11) is 8.95. The van der Waals surface area contributed by atoms with Gasteiger partial charge in [0.2, 0.25) is 0 Å². The zero-order valence-corrected chi connectivity index (χ0v) is 26.1. The number of aromatic nitrogens is 1. The largest absolute Gasteiger partial charge is 0.490 e. The molecular weight excluding hydrogens is 581 g/mol. The molecule has 0 bridgehead atoms. The van der Waals surface area contributed by atoms with E-state index in [1.807, 2.05) is 6.07 Å². The Hall–Kier alpha value is -3.09. The van der Waals surface area contributed by atoms with Crippen molar-refractivity contribution >= 4 is 39.2 Å². The first-order chi connectivity index (χ1) is 20.2. The van der Waals surface area contributed by atoms with Crippen LogP contribution in [0.3, 0.4) is 0 Å². The molecule has 1 aromatic carbocycles. The molecule has 236 valence electrons. The van der Waals surface area contributed by atoms with Gasteiger partial charge in [-0.3, -0.25) is 0 Å². The van der Waals surface area contributed by atoms with Crippen LogP contribution in [-0.4, -0.2) is 103 Å². The predicted molar refractivity (Wildman–Crippen MR) is 164 cm³/mol. The third-order valence-electron chi connectivity index (χ3n) is 8.46. The average molecular weight is 624 g/mol. The Morgan fingerprint density at radius 1 is 1.05 bits per heavy atom. The Morgan fingerprint density at radius 2 is 1.70 bits per heavy atom. The van der Waals surface area contributed by atoms with Crippen molar-refractivity contribution < 1.29 is 37.5 Å². The van der Waals surface area contributed by atoms with Crippen LogP contribution in [0.5, 0.6) is 0 Å². The molecule has 0 amide bonds. The molecule has 12 heteroatoms. The molecule has 5 rings (SSSR count). The number of halogens is 3. The minimum atomic E-state index is -5.08. The number of carboxylic acids is 2. The summed E-state index contributed by atoms with van der Waals surface area (Å²) < 4.78 is 36.4. The van der Waals surface area contributed by atoms with Gasteiger partial charge in [-0.2, -0.15) is 13.2 Å². The van der Waals surface area contributed by atoms with Crippen LogP contribution in [0.25, 0.3) is 21.5 Å². The number of benzene rings is 1. The molecule has 1 aliphatic heterocycles. The number of nitrogens with zero attached hydrogens (tertiary/aromatic N) is 4. The van der Waals surface area contributed by atoms with E-state index in [0.29, 0.717) is 10.8 Å². The lowest BCUT2D eigenvalue weighted by atomic mass is 9.83. The number of anilines is 1. The summed E-state index contributed by atoms with van der Waals surface area (Å²) in [5.41, 5.74) is 6.52. The first kappa shape index (κ1) is 32.8. The zero-order valence-electron chi connectivity index (χ0n) is 25.3. The second-order valence-corrected chi connectivity index (χ2v) is 13.4. The Bertz CT molecular complexity index is 1440. The number of alkyl halides is 3. The van der Waals surface area contributed by atoms with E-state index in [1.54, 1.807) is 0 Å². The molecule has 43 heavy (non-hydrogen) atoms. The van der Waals surface area contributed by atoms with E-state index in [0.717, 1.165) is 49.3 Å². The number of carboxylic acid groups (broad SMARTS) is 2. The minimum Gasteiger partial charge on any atom is -0.477 e. The second kappa shape index (κ2) is 13.3. The fourth-order valence-corrected chi connectivity index (χ4v) is 7.17. The van der Waals surface area contributed by atoms with Crippen molar-refractivity contribution in [1.29, 1.82) is 0 Å². The van der Waals surface area contributed by atoms with Crippen molar-refractivity contribution in [2.75, 3.05) is 65.8 Å². The van der Waals surface area contributed by atoms with E-state index in [9.17, 15) is 23.1 Å². The SMILES string of the molecule is CN(C)CC[N+](C)(C)CCN1CCn2c(c(C3CCCCC3)c3sc(C(=O)O)cc32)-c2ccccc21.O=C(O)C(F)(F)F. The lowest BCUT2D eigenvalue weighted by molar-refractivity contribution is -0.888. The van der Waals surface area contributed by atoms with Gasteiger partial charge in [0.05, 0.1) is 49.6 Å². The van der Waals surface area contributed by atoms with Crippen LogP contribution in [0.4, 0.5) is 18.9 Å². The summed E-state index contributed by atoms with van der Waals surface area (Å²) in [5.74, 6) is -3.06. The van der Waals surface area contributed by atoms with Crippen LogP contribution in [-0.2, 0) is 11.3 Å². The van der Waals surface area contributed by atoms with Crippen LogP contribution in [0, 0.1) is 0 Å². The van der Waals surface area contributed by atoms with Crippen LogP contribution < -0.4 is 4.90 Å². The molecular formula is C31H42F3N4O4S+. The van der Waals surface area contributed by atoms with Crippen molar-refractivity contribution in [2.45, 2.75) is 50.7 Å². The van der Waals surface area contributed by atoms with Crippen molar-refractivity contribution in [2.24, 2.45) is 0 Å². The van der Waals surface area contributed by atoms with Gasteiger partial charge in [-0.1, -0.05) is 37.5 Å². The Morgan fingerprint density at radius 3 is 2.30 bits per heavy atom. The maximum absolute atomic E-state index is 11.9. The smallest absolute Gasteiger partial charge is 0.477 e. The second-order valence-electron chi connectivity index (χ2n) is 12.4. The molecule has 3 aromatic rings. The fraction of sp³-hybridized carbons (Fsp3) is 0.548. The van der Waals surface area contributed by atoms with Gasteiger partial charge in [0.1, 0.15) is 4.88 Å². The summed E-state index contributed by atoms with van der Waals surface area (Å²) in [5, 5.41) is 16.9. The number of rotatable bonds is 8. The third-order valence-corrected chi connectivity index (χ3v) is 9.61. The number of quaternary nitrogens is 1. The van der Waals surface area contributed by atoms with Gasteiger partial charge in [0.25, 0.3) is 0 Å². The maximum atomic E-state index is 11.9. The van der Waals surface area contributed by atoms with Crippen LogP contribution in [0.1, 0.15) is 53.3 Å². The minimum absolute atomic E-state index is 0.460. The van der Waals surface area contributed by atoms with Crippen molar-refractivity contribution in [3.63, 3.8) is 0 Å². The number of carbonyl (C=O) groups is 2. The lowest BCUT2D eigenvalue weighted by Gasteiger charge is -2.34. The molecule has 2 aliphatic rings. The standard InChI is InChI=1S/C29H40N4O2S.C2HF3O2/c1-30(2)16-18-33(3,4)19-17-31-14-15-32-24-20-25(29(34)35)36-28(24)26(21-10-6-5-7-11-21)27(32)22-12-8-9-13-23(22)31;3-2(4,5)1(6)7/h8-9,12-13,20-21H,5-7,10-11,14-19H2,1-4H3;(H,6,7)/p+1. The number of aromatic carboxylic acids is 1. The normalized spacial score (nSPS) is 16.0. The number of fused-ring (bicyclic) bond motifs is 5. The summed E-state index contributed by atoms with van der Waals surface area (Å²) in [6, 6.07) is 10.8. The lowest BCUT2D eigenvalue weighted by Crippen LogP contribution is -2.48. The molecule has 0 unspecified atom stereocenters. The summed E-state index contributed by atoms with van der Waals surface area (Å²) in [4.78, 5) is 26.1. The third kappa shape index (κ3) is 7.71. The van der Waals surface area contributed by atoms with Crippen LogP contribution in [0.15, 0.2) is 30.3 Å². The van der Waals surface area contributed by atoms with Gasteiger partial charge in [0.15, 0.2) is 0 Å². The number of hydrogen-bond acceptors (Lipinski definition) is 5. The average Bonchev–Trinajstić information content (AvgIpc) is 3.45. The molecule has 0 radical (unpaired) electrons. The topological polar surface area (TPSA) is 86.0 Å². The molecule has 0 saturated heterocycles. The van der Waals surface area contributed by atoms with E-state index in [2.05, 4.69) is 66.8 Å². The first-order valence-corrected chi connectivity index (χ1v) is 15.5. The predicted octanol–water partition coefficient (Wildman–Crippen LogP) is 6.21. The van der Waals surface area contributed by atoms with Crippen molar-refractivity contribution in [3.05, 3.63) is 40.8 Å². The quantitative estimate of drug-likeness (QED) is 0.291. The fourth-order valence-electron chi connectivity index (χ4n) is 6.04. The first-order valence-electron chi connectivity index (χ1n) is 14.7. The summed E-state index contributed by atoms with van der Waals surface area (Å²) in [6.07, 6.45) is 1.17. The van der Waals surface area contributed by atoms with Crippen molar-refractivity contribution in [3.8, 4) is 11.3 Å². The molecule has 0 atom stereocenters. The Balaban J connectivity index is 0.000000541. The van der Waals surface area contributed by atoms with Gasteiger partial charge in [0, 0.05) is 30.9 Å². The number of aliphatic carboxylic acids is 1. The summed E-state index contributed by atoms with van der Waals surface area (Å²) >= 11 is 1.48. The Labute approximate surface area is 254 Å². The van der Waals surface area contributed by atoms with E-state index in [4.69, 9.17) is 9.90 Å². The number of thiophene rings is 1. The monoisotopic (exact) mass is 623 g/mol. The van der Waals surface area contributed by atoms with Gasteiger partial charge >= 0.3 is 18.1 Å². The highest BCUT2D eigenvalue weighted by atomic mass is 32.1. The number of para-hydroxylation sites is 1. The highest BCUT2D eigenvalue weighted by Crippen LogP contribution is 2.49. The van der Waals surface area contributed by atoms with E-state index < -0.39 is 18.1 Å². The molecule has 1 aliphatic carbocycles.